The predicted octanol–water partition coefficient (Wildman–Crippen LogP) is -1.75. The van der Waals surface area contributed by atoms with Gasteiger partial charge >= 0.3 is 0 Å². The van der Waals surface area contributed by atoms with Crippen molar-refractivity contribution < 1.29 is 109 Å². The number of rotatable bonds is 16. The van der Waals surface area contributed by atoms with Crippen LogP contribution >= 0.6 is 0 Å². The van der Waals surface area contributed by atoms with Gasteiger partial charge in [0.05, 0.1) is 38.6 Å². The summed E-state index contributed by atoms with van der Waals surface area (Å²) in [6, 6.07) is 0. The van der Waals surface area contributed by atoms with Gasteiger partial charge in [0, 0.05) is 5.41 Å². The molecule has 4 saturated heterocycles. The highest BCUT2D eigenvalue weighted by molar-refractivity contribution is 5.62. The Hall–Kier alpha value is -1.43. The van der Waals surface area contributed by atoms with Gasteiger partial charge in [-0.25, -0.2) is 0 Å². The van der Waals surface area contributed by atoms with Gasteiger partial charge in [-0.05, 0) is 118 Å². The molecular weight excluding hydrogens is 977 g/mol. The summed E-state index contributed by atoms with van der Waals surface area (Å²) in [4.78, 5) is 14.1. The predicted molar refractivity (Wildman–Crippen MR) is 255 cm³/mol. The Morgan fingerprint density at radius 2 is 1.20 bits per heavy atom. The van der Waals surface area contributed by atoms with E-state index in [1.807, 2.05) is 13.8 Å². The Balaban J connectivity index is 0.993. The van der Waals surface area contributed by atoms with Gasteiger partial charge in [0.25, 0.3) is 0 Å². The zero-order valence-electron chi connectivity index (χ0n) is 43.5. The summed E-state index contributed by atoms with van der Waals surface area (Å²) in [7, 11) is 0. The quantitative estimate of drug-likeness (QED) is 0.0463. The SMILES string of the molecule is CC(C)=CCC[C@H](O[C@@H]1O[C@H](CO[C@H]2OC[C@@H](O)[C@H](O)[C@H]2O)[C@@H](O)[C@H](O)[C@H]1O)[C@H]1CC[C@]2(C)[C@@H]1CC[C@@H]1[C@]3(C=O)CC[C@@H](O[C@@H]4O[C@H](CO)[C@@H](O)[C@H](O)[C@H]4O[C@@H]4O[C@H](CO)[C@@H](O)[C@H](O)[C@H]4O)C(C)(C)[C@H]3CC[C@]12C. The fourth-order valence-corrected chi connectivity index (χ4v) is 15.4. The first-order valence-corrected chi connectivity index (χ1v) is 26.9. The first-order chi connectivity index (χ1) is 34.9. The van der Waals surface area contributed by atoms with Crippen LogP contribution in [0.1, 0.15) is 106 Å². The van der Waals surface area contributed by atoms with E-state index in [1.54, 1.807) is 0 Å². The molecule has 8 fully saturated rings. The number of fused-ring (bicyclic) bond motifs is 5. The summed E-state index contributed by atoms with van der Waals surface area (Å²) < 4.78 is 48.4. The van der Waals surface area contributed by atoms with Gasteiger partial charge in [0.2, 0.25) is 0 Å². The molecule has 0 aromatic heterocycles. The number of hydrogen-bond acceptors (Lipinski definition) is 22. The van der Waals surface area contributed by atoms with Crippen LogP contribution in [0, 0.1) is 45.3 Å². The van der Waals surface area contributed by atoms with Crippen LogP contribution in [-0.4, -0.2) is 228 Å². The number of carbonyl (C=O) groups excluding carboxylic acids is 1. The second kappa shape index (κ2) is 23.0. The maximum atomic E-state index is 14.1. The Labute approximate surface area is 432 Å². The van der Waals surface area contributed by atoms with Crippen LogP contribution in [0.4, 0.5) is 0 Å². The van der Waals surface area contributed by atoms with E-state index in [1.165, 1.54) is 6.29 Å². The largest absolute Gasteiger partial charge is 0.394 e. The van der Waals surface area contributed by atoms with Crippen LogP contribution in [0.15, 0.2) is 11.6 Å². The zero-order valence-corrected chi connectivity index (χ0v) is 43.5. The molecule has 13 N–H and O–H groups in total. The van der Waals surface area contributed by atoms with Crippen molar-refractivity contribution in [2.24, 2.45) is 45.3 Å². The molecule has 22 nitrogen and oxygen atoms in total. The lowest BCUT2D eigenvalue weighted by molar-refractivity contribution is -0.378. The summed E-state index contributed by atoms with van der Waals surface area (Å²) in [5.74, 6) is -0.0573. The minimum atomic E-state index is -1.83. The highest BCUT2D eigenvalue weighted by Crippen LogP contribution is 2.75. The maximum absolute atomic E-state index is 14.1. The number of aliphatic hydroxyl groups is 13. The molecule has 0 spiro atoms. The highest BCUT2D eigenvalue weighted by atomic mass is 16.8. The molecule has 28 atom stereocenters. The number of carbonyl (C=O) groups is 1. The van der Waals surface area contributed by atoms with Crippen molar-refractivity contribution in [1.29, 1.82) is 0 Å². The molecule has 8 rings (SSSR count). The third-order valence-electron chi connectivity index (χ3n) is 19.8. The van der Waals surface area contributed by atoms with Crippen molar-refractivity contribution in [3.8, 4) is 0 Å². The molecule has 74 heavy (non-hydrogen) atoms. The van der Waals surface area contributed by atoms with Gasteiger partial charge in [0.1, 0.15) is 97.8 Å². The smallest absolute Gasteiger partial charge is 0.187 e. The third kappa shape index (κ3) is 10.4. The van der Waals surface area contributed by atoms with E-state index in [4.69, 9.17) is 37.9 Å². The van der Waals surface area contributed by atoms with Crippen LogP contribution in [0.25, 0.3) is 0 Å². The van der Waals surface area contributed by atoms with Gasteiger partial charge in [-0.15, -0.1) is 0 Å². The lowest BCUT2D eigenvalue weighted by Crippen LogP contribution is -2.67. The van der Waals surface area contributed by atoms with Crippen molar-refractivity contribution in [2.45, 2.75) is 235 Å². The van der Waals surface area contributed by atoms with Crippen molar-refractivity contribution in [2.75, 3.05) is 26.4 Å². The molecule has 426 valence electrons. The average molecular weight is 1060 g/mol. The molecule has 0 aromatic rings. The molecule has 22 heteroatoms. The summed E-state index contributed by atoms with van der Waals surface area (Å²) in [5.41, 5.74) is -0.882. The van der Waals surface area contributed by atoms with E-state index < -0.39 is 160 Å². The van der Waals surface area contributed by atoms with Crippen LogP contribution < -0.4 is 0 Å². The van der Waals surface area contributed by atoms with Crippen LogP contribution in [0.5, 0.6) is 0 Å². The third-order valence-corrected chi connectivity index (χ3v) is 19.8. The number of allylic oxidation sites excluding steroid dienone is 2. The number of ether oxygens (including phenoxy) is 8. The van der Waals surface area contributed by atoms with Gasteiger partial charge in [-0.2, -0.15) is 0 Å². The van der Waals surface area contributed by atoms with Gasteiger partial charge in [0.15, 0.2) is 25.2 Å². The van der Waals surface area contributed by atoms with Crippen LogP contribution in [0.3, 0.4) is 0 Å². The number of hydrogen-bond donors (Lipinski definition) is 13. The molecule has 8 aliphatic rings. The van der Waals surface area contributed by atoms with Gasteiger partial charge < -0.3 is 109 Å². The highest BCUT2D eigenvalue weighted by Gasteiger charge is 2.71. The summed E-state index contributed by atoms with van der Waals surface area (Å²) in [5, 5.41) is 138. The maximum Gasteiger partial charge on any atom is 0.187 e. The molecule has 4 heterocycles. The molecule has 4 saturated carbocycles. The minimum Gasteiger partial charge on any atom is -0.394 e. The molecule has 4 aliphatic heterocycles. The molecule has 0 radical (unpaired) electrons. The normalized spacial score (nSPS) is 51.8. The Bertz CT molecular complexity index is 1910. The van der Waals surface area contributed by atoms with E-state index in [0.717, 1.165) is 37.7 Å². The zero-order chi connectivity index (χ0) is 54.0. The standard InChI is InChI=1S/C52H86O22/c1-23(2)8-7-9-27(69-46-42(65)39(62)37(60)30(72-46)21-68-45-41(64)34(57)26(56)20-67-45)24-12-15-50(5)25(24)10-11-32-51(50,6)16-13-31-49(3,4)33(14-17-52(31,32)22-55)73-48-44(40(63)36(59)29(19-54)71-48)74-47-43(66)38(61)35(58)28(18-53)70-47/h8,22,24-48,53-54,56-66H,7,9-21H2,1-6H3/t24-,25+,26+,27-,28+,29+,30+,31+,32-,33+,34-,35+,36+,37+,38-,39-,40-,41+,42+,43+,44+,45+,46+,47-,48-,50+,51+,52-/m0/s1. The van der Waals surface area contributed by atoms with E-state index in [0.29, 0.717) is 32.1 Å². The molecule has 0 amide bonds. The Morgan fingerprint density at radius 1 is 0.608 bits per heavy atom. The first kappa shape index (κ1) is 58.7. The fraction of sp³-hybridized carbons (Fsp3) is 0.942. The Morgan fingerprint density at radius 3 is 1.85 bits per heavy atom. The van der Waals surface area contributed by atoms with Crippen molar-refractivity contribution >= 4 is 6.29 Å². The summed E-state index contributed by atoms with van der Waals surface area (Å²) in [6.45, 7) is 10.7. The number of aldehydes is 1. The topological polar surface area (TPSA) is 354 Å². The lowest BCUT2D eigenvalue weighted by atomic mass is 9.35. The lowest BCUT2D eigenvalue weighted by Gasteiger charge is -2.69. The van der Waals surface area contributed by atoms with Gasteiger partial charge in [-0.1, -0.05) is 39.3 Å². The minimum absolute atomic E-state index is 0.00716. The van der Waals surface area contributed by atoms with Crippen molar-refractivity contribution in [3.05, 3.63) is 11.6 Å². The number of aliphatic hydroxyl groups excluding tert-OH is 13. The van der Waals surface area contributed by atoms with Gasteiger partial charge in [-0.3, -0.25) is 0 Å². The summed E-state index contributed by atoms with van der Waals surface area (Å²) >= 11 is 0. The molecule has 4 aliphatic carbocycles. The van der Waals surface area contributed by atoms with Crippen LogP contribution in [0.2, 0.25) is 0 Å². The van der Waals surface area contributed by atoms with E-state index >= 15 is 0 Å². The second-order valence-electron chi connectivity index (χ2n) is 24.2. The fourth-order valence-electron chi connectivity index (χ4n) is 15.4. The van der Waals surface area contributed by atoms with Crippen molar-refractivity contribution in [3.63, 3.8) is 0 Å². The summed E-state index contributed by atoms with van der Waals surface area (Å²) in [6.07, 6.45) is -20.2. The van der Waals surface area contributed by atoms with E-state index in [2.05, 4.69) is 33.8 Å². The van der Waals surface area contributed by atoms with Crippen LogP contribution in [-0.2, 0) is 42.7 Å². The Kier molecular flexibility index (Phi) is 18.2. The van der Waals surface area contributed by atoms with E-state index in [-0.39, 0.29) is 41.1 Å². The first-order valence-electron chi connectivity index (χ1n) is 26.9. The molecule has 0 aromatic carbocycles. The molecule has 0 unspecified atom stereocenters. The monoisotopic (exact) mass is 1060 g/mol. The molecular formula is C52H86O22. The second-order valence-corrected chi connectivity index (χ2v) is 24.2. The average Bonchev–Trinajstić information content (AvgIpc) is 3.73. The van der Waals surface area contributed by atoms with E-state index in [9.17, 15) is 71.2 Å². The molecule has 0 bridgehead atoms. The van der Waals surface area contributed by atoms with Crippen molar-refractivity contribution in [1.82, 2.24) is 0 Å².